The molecule has 0 aromatic heterocycles. The van der Waals surface area contributed by atoms with Crippen molar-refractivity contribution in [3.8, 4) is 0 Å². The highest BCUT2D eigenvalue weighted by Gasteiger charge is 2.23. The summed E-state index contributed by atoms with van der Waals surface area (Å²) in [6.07, 6.45) is 0.288. The Bertz CT molecular complexity index is 531. The van der Waals surface area contributed by atoms with Crippen LogP contribution in [-0.2, 0) is 20.8 Å². The molecule has 120 valence electrons. The molecule has 0 saturated carbocycles. The van der Waals surface area contributed by atoms with Gasteiger partial charge < -0.3 is 22.1 Å². The molecule has 3 amide bonds. The Balaban J connectivity index is 2.64. The average molecular weight is 306 g/mol. The predicted octanol–water partition coefficient (Wildman–Crippen LogP) is -0.949. The number of benzene rings is 1. The van der Waals surface area contributed by atoms with Crippen LogP contribution in [0.3, 0.4) is 0 Å². The van der Waals surface area contributed by atoms with Crippen LogP contribution in [0.15, 0.2) is 30.3 Å². The molecule has 0 aliphatic heterocycles. The Morgan fingerprint density at radius 3 is 2.14 bits per heavy atom. The van der Waals surface area contributed by atoms with Crippen molar-refractivity contribution in [2.24, 2.45) is 11.5 Å². The smallest absolute Gasteiger partial charge is 0.242 e. The molecule has 0 aliphatic carbocycles. The van der Waals surface area contributed by atoms with Gasteiger partial charge in [0.25, 0.3) is 0 Å². The second kappa shape index (κ2) is 8.14. The van der Waals surface area contributed by atoms with E-state index in [1.807, 2.05) is 30.3 Å². The molecular weight excluding hydrogens is 284 g/mol. The normalized spacial score (nSPS) is 14.5. The van der Waals surface area contributed by atoms with E-state index >= 15 is 0 Å². The van der Waals surface area contributed by atoms with Gasteiger partial charge in [0.05, 0.1) is 6.04 Å². The third kappa shape index (κ3) is 5.53. The van der Waals surface area contributed by atoms with Crippen LogP contribution >= 0.6 is 0 Å². The first-order chi connectivity index (χ1) is 10.3. The van der Waals surface area contributed by atoms with Gasteiger partial charge in [0.1, 0.15) is 12.1 Å². The summed E-state index contributed by atoms with van der Waals surface area (Å²) in [5, 5.41) is 5.00. The van der Waals surface area contributed by atoms with Crippen molar-refractivity contribution >= 4 is 17.7 Å². The maximum Gasteiger partial charge on any atom is 0.242 e. The molecule has 7 nitrogen and oxygen atoms in total. The standard InChI is InChI=1S/C15H22N4O3/c1-9(16)14(21)18-10(2)15(22)19-12(13(17)20)8-11-6-4-3-5-7-11/h3-7,9-10,12H,8,16H2,1-2H3,(H2,17,20)(H,18,21)(H,19,22). The Hall–Kier alpha value is -2.41. The van der Waals surface area contributed by atoms with E-state index in [0.29, 0.717) is 0 Å². The number of hydrogen-bond donors (Lipinski definition) is 4. The van der Waals surface area contributed by atoms with Crippen molar-refractivity contribution in [3.63, 3.8) is 0 Å². The molecule has 3 atom stereocenters. The van der Waals surface area contributed by atoms with Gasteiger partial charge in [0.15, 0.2) is 0 Å². The SMILES string of the molecule is CC(N)C(=O)NC(C)C(=O)NC(Cc1ccccc1)C(N)=O. The summed E-state index contributed by atoms with van der Waals surface area (Å²) in [5.41, 5.74) is 11.6. The molecule has 0 fully saturated rings. The van der Waals surface area contributed by atoms with Gasteiger partial charge >= 0.3 is 0 Å². The van der Waals surface area contributed by atoms with E-state index in [9.17, 15) is 14.4 Å². The van der Waals surface area contributed by atoms with Crippen LogP contribution in [0, 0.1) is 0 Å². The van der Waals surface area contributed by atoms with Crippen LogP contribution in [0.25, 0.3) is 0 Å². The number of amides is 3. The van der Waals surface area contributed by atoms with Crippen molar-refractivity contribution in [1.29, 1.82) is 0 Å². The highest BCUT2D eigenvalue weighted by molar-refractivity contribution is 5.92. The monoisotopic (exact) mass is 306 g/mol. The number of carbonyl (C=O) groups excluding carboxylic acids is 3. The van der Waals surface area contributed by atoms with Crippen molar-refractivity contribution in [1.82, 2.24) is 10.6 Å². The third-order valence-corrected chi connectivity index (χ3v) is 3.11. The topological polar surface area (TPSA) is 127 Å². The van der Waals surface area contributed by atoms with E-state index in [-0.39, 0.29) is 6.42 Å². The van der Waals surface area contributed by atoms with Gasteiger partial charge in [0, 0.05) is 6.42 Å². The minimum absolute atomic E-state index is 0.288. The van der Waals surface area contributed by atoms with Crippen LogP contribution < -0.4 is 22.1 Å². The molecule has 22 heavy (non-hydrogen) atoms. The highest BCUT2D eigenvalue weighted by Crippen LogP contribution is 2.03. The maximum atomic E-state index is 12.0. The lowest BCUT2D eigenvalue weighted by molar-refractivity contribution is -0.131. The molecule has 1 rings (SSSR count). The van der Waals surface area contributed by atoms with Gasteiger partial charge in [-0.2, -0.15) is 0 Å². The van der Waals surface area contributed by atoms with Crippen LogP contribution in [0.5, 0.6) is 0 Å². The lowest BCUT2D eigenvalue weighted by Gasteiger charge is -2.20. The second-order valence-corrected chi connectivity index (χ2v) is 5.17. The van der Waals surface area contributed by atoms with E-state index in [1.165, 1.54) is 13.8 Å². The number of rotatable bonds is 7. The first kappa shape index (κ1) is 17.6. The molecule has 0 aliphatic rings. The molecule has 1 aromatic carbocycles. The Morgan fingerprint density at radius 2 is 1.64 bits per heavy atom. The molecule has 0 spiro atoms. The fraction of sp³-hybridized carbons (Fsp3) is 0.400. The molecule has 3 unspecified atom stereocenters. The molecular formula is C15H22N4O3. The van der Waals surface area contributed by atoms with E-state index in [2.05, 4.69) is 10.6 Å². The van der Waals surface area contributed by atoms with Gasteiger partial charge in [0.2, 0.25) is 17.7 Å². The maximum absolute atomic E-state index is 12.0. The fourth-order valence-corrected chi connectivity index (χ4v) is 1.78. The van der Waals surface area contributed by atoms with E-state index in [1.54, 1.807) is 0 Å². The first-order valence-corrected chi connectivity index (χ1v) is 7.00. The summed E-state index contributed by atoms with van der Waals surface area (Å²) in [7, 11) is 0. The molecule has 7 heteroatoms. The molecule has 0 radical (unpaired) electrons. The summed E-state index contributed by atoms with van der Waals surface area (Å²) >= 11 is 0. The number of nitrogens with two attached hydrogens (primary N) is 2. The number of primary amides is 1. The van der Waals surface area contributed by atoms with Crippen LogP contribution in [0.1, 0.15) is 19.4 Å². The van der Waals surface area contributed by atoms with Crippen molar-refractivity contribution in [2.45, 2.75) is 38.4 Å². The zero-order valence-electron chi connectivity index (χ0n) is 12.7. The Labute approximate surface area is 129 Å². The summed E-state index contributed by atoms with van der Waals surface area (Å²) < 4.78 is 0. The van der Waals surface area contributed by atoms with E-state index in [4.69, 9.17) is 11.5 Å². The van der Waals surface area contributed by atoms with Gasteiger partial charge in [-0.3, -0.25) is 14.4 Å². The van der Waals surface area contributed by atoms with Crippen molar-refractivity contribution in [3.05, 3.63) is 35.9 Å². The lowest BCUT2D eigenvalue weighted by atomic mass is 10.1. The third-order valence-electron chi connectivity index (χ3n) is 3.11. The summed E-state index contributed by atoms with van der Waals surface area (Å²) in [4.78, 5) is 35.0. The molecule has 0 heterocycles. The number of nitrogens with one attached hydrogen (secondary N) is 2. The summed E-state index contributed by atoms with van der Waals surface area (Å²) in [6.45, 7) is 3.03. The van der Waals surface area contributed by atoms with Gasteiger partial charge in [-0.05, 0) is 19.4 Å². The van der Waals surface area contributed by atoms with Gasteiger partial charge in [-0.25, -0.2) is 0 Å². The number of hydrogen-bond acceptors (Lipinski definition) is 4. The van der Waals surface area contributed by atoms with E-state index in [0.717, 1.165) is 5.56 Å². The zero-order chi connectivity index (χ0) is 16.7. The van der Waals surface area contributed by atoms with Crippen molar-refractivity contribution < 1.29 is 14.4 Å². The minimum atomic E-state index is -0.843. The average Bonchev–Trinajstić information content (AvgIpc) is 2.47. The largest absolute Gasteiger partial charge is 0.368 e. The molecule has 1 aromatic rings. The predicted molar refractivity (Wildman–Crippen MR) is 82.5 cm³/mol. The van der Waals surface area contributed by atoms with E-state index < -0.39 is 35.8 Å². The lowest BCUT2D eigenvalue weighted by Crippen LogP contribution is -2.54. The first-order valence-electron chi connectivity index (χ1n) is 7.00. The zero-order valence-corrected chi connectivity index (χ0v) is 12.7. The highest BCUT2D eigenvalue weighted by atomic mass is 16.2. The van der Waals surface area contributed by atoms with Gasteiger partial charge in [-0.1, -0.05) is 30.3 Å². The van der Waals surface area contributed by atoms with Crippen LogP contribution in [0.4, 0.5) is 0 Å². The molecule has 0 saturated heterocycles. The van der Waals surface area contributed by atoms with Crippen molar-refractivity contribution in [2.75, 3.05) is 0 Å². The quantitative estimate of drug-likeness (QED) is 0.518. The summed E-state index contributed by atoms with van der Waals surface area (Å²) in [6, 6.07) is 6.83. The Morgan fingerprint density at radius 1 is 1.05 bits per heavy atom. The fourth-order valence-electron chi connectivity index (χ4n) is 1.78. The minimum Gasteiger partial charge on any atom is -0.368 e. The Kier molecular flexibility index (Phi) is 6.52. The molecule has 6 N–H and O–H groups in total. The van der Waals surface area contributed by atoms with Crippen LogP contribution in [0.2, 0.25) is 0 Å². The van der Waals surface area contributed by atoms with Gasteiger partial charge in [-0.15, -0.1) is 0 Å². The molecule has 0 bridgehead atoms. The second-order valence-electron chi connectivity index (χ2n) is 5.17. The number of carbonyl (C=O) groups is 3. The van der Waals surface area contributed by atoms with Crippen LogP contribution in [-0.4, -0.2) is 35.8 Å². The summed E-state index contributed by atoms with van der Waals surface area (Å²) in [5.74, 6) is -1.57.